The van der Waals surface area contributed by atoms with Crippen LogP contribution in [0.2, 0.25) is 0 Å². The molecule has 1 aliphatic heterocycles. The zero-order valence-electron chi connectivity index (χ0n) is 19.0. The van der Waals surface area contributed by atoms with E-state index in [1.807, 2.05) is 43.5 Å². The van der Waals surface area contributed by atoms with Gasteiger partial charge in [0.25, 0.3) is 0 Å². The first-order chi connectivity index (χ1) is 14.7. The summed E-state index contributed by atoms with van der Waals surface area (Å²) in [5.41, 5.74) is 5.09. The van der Waals surface area contributed by atoms with E-state index in [4.69, 9.17) is 9.84 Å². The Hall–Kier alpha value is -3.08. The summed E-state index contributed by atoms with van der Waals surface area (Å²) in [4.78, 5) is 14.4. The van der Waals surface area contributed by atoms with Crippen LogP contribution in [-0.4, -0.2) is 39.5 Å². The number of hydrogen-bond donors (Lipinski definition) is 0. The Bertz CT molecular complexity index is 1070. The van der Waals surface area contributed by atoms with Crippen molar-refractivity contribution in [2.45, 2.75) is 39.2 Å². The van der Waals surface area contributed by atoms with Gasteiger partial charge in [-0.2, -0.15) is 5.10 Å². The van der Waals surface area contributed by atoms with Gasteiger partial charge in [0.15, 0.2) is 0 Å². The molecule has 0 unspecified atom stereocenters. The molecule has 2 atom stereocenters. The predicted molar refractivity (Wildman–Crippen MR) is 124 cm³/mol. The lowest BCUT2D eigenvalue weighted by Gasteiger charge is -2.24. The van der Waals surface area contributed by atoms with E-state index in [0.29, 0.717) is 19.0 Å². The van der Waals surface area contributed by atoms with Gasteiger partial charge in [-0.1, -0.05) is 55.5 Å². The normalized spacial score (nSPS) is 18.9. The number of aromatic nitrogens is 2. The van der Waals surface area contributed by atoms with Crippen LogP contribution in [0.3, 0.4) is 0 Å². The summed E-state index contributed by atoms with van der Waals surface area (Å²) in [6, 6.07) is 21.0. The monoisotopic (exact) mass is 417 g/mol. The van der Waals surface area contributed by atoms with Crippen LogP contribution in [0.15, 0.2) is 60.7 Å². The number of rotatable bonds is 3. The molecule has 0 radical (unpaired) electrons. The Balaban J connectivity index is 1.57. The smallest absolute Gasteiger partial charge is 0.410 e. The summed E-state index contributed by atoms with van der Waals surface area (Å²) < 4.78 is 7.54. The van der Waals surface area contributed by atoms with Gasteiger partial charge in [-0.05, 0) is 49.9 Å². The second-order valence-corrected chi connectivity index (χ2v) is 9.49. The summed E-state index contributed by atoms with van der Waals surface area (Å²) in [6.07, 6.45) is -0.236. The van der Waals surface area contributed by atoms with Crippen molar-refractivity contribution in [3.05, 3.63) is 66.4 Å². The molecule has 0 spiro atoms. The van der Waals surface area contributed by atoms with Gasteiger partial charge in [0.1, 0.15) is 5.60 Å². The highest BCUT2D eigenvalue weighted by atomic mass is 16.6. The van der Waals surface area contributed by atoms with Crippen LogP contribution < -0.4 is 0 Å². The molecule has 1 saturated heterocycles. The van der Waals surface area contributed by atoms with Crippen molar-refractivity contribution in [3.8, 4) is 22.4 Å². The van der Waals surface area contributed by atoms with Crippen molar-refractivity contribution in [1.82, 2.24) is 14.7 Å². The molecule has 5 nitrogen and oxygen atoms in total. The molecule has 2 aromatic carbocycles. The Morgan fingerprint density at radius 1 is 0.968 bits per heavy atom. The van der Waals surface area contributed by atoms with Crippen LogP contribution in [0.5, 0.6) is 0 Å². The summed E-state index contributed by atoms with van der Waals surface area (Å²) >= 11 is 0. The van der Waals surface area contributed by atoms with Crippen molar-refractivity contribution in [2.75, 3.05) is 13.1 Å². The number of amides is 1. The number of likely N-dealkylation sites (tertiary alicyclic amines) is 1. The number of aryl methyl sites for hydroxylation is 1. The first-order valence-corrected chi connectivity index (χ1v) is 10.9. The number of benzene rings is 2. The maximum absolute atomic E-state index is 12.5. The Morgan fingerprint density at radius 2 is 1.65 bits per heavy atom. The molecule has 31 heavy (non-hydrogen) atoms. The van der Waals surface area contributed by atoms with E-state index >= 15 is 0 Å². The lowest BCUT2D eigenvalue weighted by atomic mass is 9.94. The van der Waals surface area contributed by atoms with Gasteiger partial charge >= 0.3 is 6.09 Å². The van der Waals surface area contributed by atoms with E-state index in [0.717, 1.165) is 17.0 Å². The molecule has 0 N–H and O–H groups in total. The number of hydrogen-bond acceptors (Lipinski definition) is 3. The highest BCUT2D eigenvalue weighted by Gasteiger charge is 2.37. The van der Waals surface area contributed by atoms with E-state index in [9.17, 15) is 4.79 Å². The van der Waals surface area contributed by atoms with Crippen LogP contribution in [0.4, 0.5) is 4.79 Å². The highest BCUT2D eigenvalue weighted by Crippen LogP contribution is 2.35. The van der Waals surface area contributed by atoms with Crippen LogP contribution >= 0.6 is 0 Å². The zero-order valence-corrected chi connectivity index (χ0v) is 19.0. The third-order valence-electron chi connectivity index (χ3n) is 5.83. The topological polar surface area (TPSA) is 47.4 Å². The maximum atomic E-state index is 12.5. The molecule has 162 valence electrons. The molecule has 1 fully saturated rings. The van der Waals surface area contributed by atoms with E-state index in [-0.39, 0.29) is 12.0 Å². The van der Waals surface area contributed by atoms with Gasteiger partial charge in [-0.15, -0.1) is 0 Å². The van der Waals surface area contributed by atoms with E-state index < -0.39 is 5.60 Å². The minimum absolute atomic E-state index is 0.232. The molecule has 0 saturated carbocycles. The average molecular weight is 418 g/mol. The van der Waals surface area contributed by atoms with Crippen molar-refractivity contribution in [1.29, 1.82) is 0 Å². The lowest BCUT2D eigenvalue weighted by Crippen LogP contribution is -2.35. The molecule has 5 heteroatoms. The third-order valence-corrected chi connectivity index (χ3v) is 5.83. The molecule has 2 heterocycles. The molecule has 1 aliphatic rings. The Morgan fingerprint density at radius 3 is 2.35 bits per heavy atom. The summed E-state index contributed by atoms with van der Waals surface area (Å²) in [7, 11) is 1.99. The Labute approximate surface area is 184 Å². The summed E-state index contributed by atoms with van der Waals surface area (Å²) in [6.45, 7) is 9.25. The fourth-order valence-electron chi connectivity index (χ4n) is 4.29. The van der Waals surface area contributed by atoms with Crippen molar-refractivity contribution in [3.63, 3.8) is 0 Å². The quantitative estimate of drug-likeness (QED) is 0.547. The van der Waals surface area contributed by atoms with Gasteiger partial charge in [-0.25, -0.2) is 4.79 Å². The fourth-order valence-corrected chi connectivity index (χ4v) is 4.29. The standard InChI is InChI=1S/C26H31N3O2/c1-18-16-29(25(30)31-26(2,3)4)17-22(18)24-15-23(27-28(24)5)21-13-9-12-20(14-21)19-10-7-6-8-11-19/h6-15,18,22H,16-17H2,1-5H3/t18-,22-/m1/s1. The van der Waals surface area contributed by atoms with Gasteiger partial charge in [0.2, 0.25) is 0 Å². The molecular weight excluding hydrogens is 386 g/mol. The van der Waals surface area contributed by atoms with Gasteiger partial charge in [-0.3, -0.25) is 4.68 Å². The highest BCUT2D eigenvalue weighted by molar-refractivity contribution is 5.72. The van der Waals surface area contributed by atoms with Crippen LogP contribution in [0, 0.1) is 5.92 Å². The number of nitrogens with zero attached hydrogens (tertiary/aromatic N) is 3. The zero-order chi connectivity index (χ0) is 22.2. The minimum atomic E-state index is -0.484. The molecule has 4 rings (SSSR count). The number of carbonyl (C=O) groups is 1. The predicted octanol–water partition coefficient (Wildman–Crippen LogP) is 5.72. The van der Waals surface area contributed by atoms with E-state index in [1.165, 1.54) is 11.1 Å². The van der Waals surface area contributed by atoms with E-state index in [2.05, 4.69) is 61.5 Å². The molecule has 1 amide bonds. The molecule has 0 aliphatic carbocycles. The van der Waals surface area contributed by atoms with Crippen molar-refractivity contribution >= 4 is 6.09 Å². The second-order valence-electron chi connectivity index (χ2n) is 9.49. The lowest BCUT2D eigenvalue weighted by molar-refractivity contribution is 0.0287. The van der Waals surface area contributed by atoms with Gasteiger partial charge < -0.3 is 9.64 Å². The fraction of sp³-hybridized carbons (Fsp3) is 0.385. The third kappa shape index (κ3) is 4.66. The molecule has 1 aromatic heterocycles. The van der Waals surface area contributed by atoms with E-state index in [1.54, 1.807) is 0 Å². The average Bonchev–Trinajstić information content (AvgIpc) is 3.30. The summed E-state index contributed by atoms with van der Waals surface area (Å²) in [5, 5.41) is 4.81. The van der Waals surface area contributed by atoms with Crippen LogP contribution in [0.25, 0.3) is 22.4 Å². The SMILES string of the molecule is C[C@@H]1CN(C(=O)OC(C)(C)C)C[C@H]1c1cc(-c2cccc(-c3ccccc3)c2)nn1C. The largest absolute Gasteiger partial charge is 0.444 e. The second kappa shape index (κ2) is 8.22. The number of ether oxygens (including phenoxy) is 1. The number of carbonyl (C=O) groups excluding carboxylic acids is 1. The van der Waals surface area contributed by atoms with Crippen LogP contribution in [-0.2, 0) is 11.8 Å². The first-order valence-electron chi connectivity index (χ1n) is 10.9. The molecular formula is C26H31N3O2. The molecule has 3 aromatic rings. The molecule has 0 bridgehead atoms. The van der Waals surface area contributed by atoms with Crippen molar-refractivity contribution < 1.29 is 9.53 Å². The van der Waals surface area contributed by atoms with Crippen molar-refractivity contribution in [2.24, 2.45) is 13.0 Å². The van der Waals surface area contributed by atoms with Gasteiger partial charge in [0, 0.05) is 37.3 Å². The maximum Gasteiger partial charge on any atom is 0.410 e. The Kier molecular flexibility index (Phi) is 5.61. The van der Waals surface area contributed by atoms with Gasteiger partial charge in [0.05, 0.1) is 5.69 Å². The summed E-state index contributed by atoms with van der Waals surface area (Å²) in [5.74, 6) is 0.572. The van der Waals surface area contributed by atoms with Crippen LogP contribution in [0.1, 0.15) is 39.3 Å². The minimum Gasteiger partial charge on any atom is -0.444 e. The first kappa shape index (κ1) is 21.2.